The number of aromatic nitrogens is 1. The molecule has 0 fully saturated rings. The van der Waals surface area contributed by atoms with Crippen molar-refractivity contribution in [3.05, 3.63) is 71.9 Å². The number of benzene rings is 2. The molecular weight excluding hydrogens is 308 g/mol. The van der Waals surface area contributed by atoms with E-state index < -0.39 is 10.8 Å². The lowest BCUT2D eigenvalue weighted by atomic mass is 10.1. The van der Waals surface area contributed by atoms with Crippen LogP contribution in [0.4, 0.5) is 0 Å². The van der Waals surface area contributed by atoms with E-state index in [1.165, 1.54) is 0 Å². The van der Waals surface area contributed by atoms with Crippen LogP contribution in [0.5, 0.6) is 0 Å². The average Bonchev–Trinajstić information content (AvgIpc) is 3.03. The molecule has 3 rings (SSSR count). The Balaban J connectivity index is 1.49. The molecule has 0 saturated heterocycles. The number of hydrogen-bond acceptors (Lipinski definition) is 2. The fourth-order valence-corrected chi connectivity index (χ4v) is 3.44. The Morgan fingerprint density at radius 3 is 2.74 bits per heavy atom. The van der Waals surface area contributed by atoms with Crippen LogP contribution in [0.1, 0.15) is 15.9 Å². The van der Waals surface area contributed by atoms with Gasteiger partial charge in [0.25, 0.3) is 5.91 Å². The molecule has 0 saturated carbocycles. The van der Waals surface area contributed by atoms with Crippen LogP contribution in [0.25, 0.3) is 10.9 Å². The number of hydrogen-bond donors (Lipinski definition) is 2. The van der Waals surface area contributed by atoms with Crippen molar-refractivity contribution in [3.8, 4) is 0 Å². The molecule has 0 aliphatic carbocycles. The highest BCUT2D eigenvalue weighted by Crippen LogP contribution is 2.14. The minimum absolute atomic E-state index is 0.141. The van der Waals surface area contributed by atoms with E-state index in [2.05, 4.69) is 10.3 Å². The molecule has 1 heterocycles. The lowest BCUT2D eigenvalue weighted by Crippen LogP contribution is -2.27. The second-order valence-electron chi connectivity index (χ2n) is 5.31. The summed E-state index contributed by atoms with van der Waals surface area (Å²) in [5.74, 6) is 0.828. The Bertz CT molecular complexity index is 827. The zero-order valence-electron chi connectivity index (χ0n) is 12.6. The third-order valence-corrected chi connectivity index (χ3v) is 4.92. The van der Waals surface area contributed by atoms with Crippen LogP contribution in [-0.4, -0.2) is 27.4 Å². The fraction of sp³-hybridized carbons (Fsp3) is 0.167. The standard InChI is InChI=1S/C18H18N2O2S/c21-18(16-7-6-15-8-9-19-17(15)12-16)20-10-11-23(22)13-14-4-2-1-3-5-14/h1-9,12,19H,10-11,13H2,(H,20,21)/t23-/m1/s1. The lowest BCUT2D eigenvalue weighted by Gasteiger charge is -2.06. The van der Waals surface area contributed by atoms with Crippen LogP contribution in [0.15, 0.2) is 60.8 Å². The van der Waals surface area contributed by atoms with Gasteiger partial charge in [-0.1, -0.05) is 36.4 Å². The van der Waals surface area contributed by atoms with Gasteiger partial charge in [0, 0.05) is 46.1 Å². The molecule has 0 unspecified atom stereocenters. The number of carbonyl (C=O) groups is 1. The quantitative estimate of drug-likeness (QED) is 0.732. The molecule has 0 bridgehead atoms. The van der Waals surface area contributed by atoms with Gasteiger partial charge >= 0.3 is 0 Å². The molecule has 5 heteroatoms. The summed E-state index contributed by atoms with van der Waals surface area (Å²) in [5, 5.41) is 3.90. The zero-order valence-corrected chi connectivity index (χ0v) is 13.4. The molecule has 0 aliphatic heterocycles. The molecule has 1 amide bonds. The number of H-pyrrole nitrogens is 1. The summed E-state index contributed by atoms with van der Waals surface area (Å²) in [6.45, 7) is 0.404. The number of fused-ring (bicyclic) bond motifs is 1. The van der Waals surface area contributed by atoms with E-state index in [1.807, 2.05) is 54.7 Å². The van der Waals surface area contributed by atoms with Gasteiger partial charge in [0.05, 0.1) is 0 Å². The maximum Gasteiger partial charge on any atom is 0.251 e. The van der Waals surface area contributed by atoms with Crippen molar-refractivity contribution in [3.63, 3.8) is 0 Å². The van der Waals surface area contributed by atoms with Gasteiger partial charge in [0.2, 0.25) is 0 Å². The molecule has 1 aromatic heterocycles. The summed E-state index contributed by atoms with van der Waals surface area (Å²) in [6.07, 6.45) is 1.85. The Morgan fingerprint density at radius 2 is 1.91 bits per heavy atom. The molecule has 0 radical (unpaired) electrons. The number of rotatable bonds is 6. The second-order valence-corrected chi connectivity index (χ2v) is 6.89. The van der Waals surface area contributed by atoms with Gasteiger partial charge in [-0.25, -0.2) is 0 Å². The Labute approximate surface area is 137 Å². The Kier molecular flexibility index (Phi) is 4.88. The van der Waals surface area contributed by atoms with Gasteiger partial charge in [-0.2, -0.15) is 0 Å². The number of amides is 1. The average molecular weight is 326 g/mol. The molecule has 0 aliphatic rings. The third kappa shape index (κ3) is 4.07. The molecule has 23 heavy (non-hydrogen) atoms. The maximum atomic E-state index is 12.1. The van der Waals surface area contributed by atoms with Crippen LogP contribution >= 0.6 is 0 Å². The van der Waals surface area contributed by atoms with Crippen LogP contribution in [0, 0.1) is 0 Å². The fourth-order valence-electron chi connectivity index (χ4n) is 2.40. The van der Waals surface area contributed by atoms with E-state index >= 15 is 0 Å². The highest BCUT2D eigenvalue weighted by molar-refractivity contribution is 7.84. The van der Waals surface area contributed by atoms with E-state index in [4.69, 9.17) is 0 Å². The molecular formula is C18H18N2O2S. The summed E-state index contributed by atoms with van der Waals surface area (Å²) in [4.78, 5) is 15.2. The zero-order chi connectivity index (χ0) is 16.1. The van der Waals surface area contributed by atoms with E-state index in [0.29, 0.717) is 23.6 Å². The minimum Gasteiger partial charge on any atom is -0.361 e. The monoisotopic (exact) mass is 326 g/mol. The van der Waals surface area contributed by atoms with Crippen molar-refractivity contribution >= 4 is 27.6 Å². The molecule has 118 valence electrons. The van der Waals surface area contributed by atoms with Crippen molar-refractivity contribution < 1.29 is 9.00 Å². The molecule has 1 atom stereocenters. The first kappa shape index (κ1) is 15.5. The van der Waals surface area contributed by atoms with Crippen LogP contribution in [-0.2, 0) is 16.6 Å². The first-order valence-electron chi connectivity index (χ1n) is 7.46. The summed E-state index contributed by atoms with van der Waals surface area (Å²) >= 11 is 0. The largest absolute Gasteiger partial charge is 0.361 e. The van der Waals surface area contributed by atoms with E-state index in [0.717, 1.165) is 16.5 Å². The summed E-state index contributed by atoms with van der Waals surface area (Å²) in [5.41, 5.74) is 2.59. The van der Waals surface area contributed by atoms with Crippen molar-refractivity contribution in [2.75, 3.05) is 12.3 Å². The predicted molar refractivity (Wildman–Crippen MR) is 93.8 cm³/mol. The van der Waals surface area contributed by atoms with Gasteiger partial charge in [-0.05, 0) is 29.1 Å². The summed E-state index contributed by atoms with van der Waals surface area (Å²) < 4.78 is 12.0. The Morgan fingerprint density at radius 1 is 1.09 bits per heavy atom. The summed E-state index contributed by atoms with van der Waals surface area (Å²) in [6, 6.07) is 17.2. The third-order valence-electron chi connectivity index (χ3n) is 3.60. The molecule has 0 spiro atoms. The van der Waals surface area contributed by atoms with Gasteiger partial charge < -0.3 is 10.3 Å². The van der Waals surface area contributed by atoms with E-state index in [1.54, 1.807) is 6.07 Å². The topological polar surface area (TPSA) is 62.0 Å². The first-order chi connectivity index (χ1) is 11.2. The van der Waals surface area contributed by atoms with Crippen LogP contribution < -0.4 is 5.32 Å². The first-order valence-corrected chi connectivity index (χ1v) is 8.95. The summed E-state index contributed by atoms with van der Waals surface area (Å²) in [7, 11) is -0.981. The van der Waals surface area contributed by atoms with Crippen LogP contribution in [0.3, 0.4) is 0 Å². The van der Waals surface area contributed by atoms with Crippen molar-refractivity contribution in [1.82, 2.24) is 10.3 Å². The Hall–Kier alpha value is -2.40. The van der Waals surface area contributed by atoms with Gasteiger partial charge in [-0.3, -0.25) is 9.00 Å². The maximum absolute atomic E-state index is 12.1. The SMILES string of the molecule is O=C(NCC[S@@](=O)Cc1ccccc1)c1ccc2cc[nH]c2c1. The van der Waals surface area contributed by atoms with E-state index in [9.17, 15) is 9.00 Å². The normalized spacial score (nSPS) is 12.2. The van der Waals surface area contributed by atoms with Crippen molar-refractivity contribution in [1.29, 1.82) is 0 Å². The molecule has 4 nitrogen and oxygen atoms in total. The van der Waals surface area contributed by atoms with Gasteiger partial charge in [-0.15, -0.1) is 0 Å². The predicted octanol–water partition coefficient (Wildman–Crippen LogP) is 2.85. The van der Waals surface area contributed by atoms with Gasteiger partial charge in [0.1, 0.15) is 0 Å². The van der Waals surface area contributed by atoms with Crippen molar-refractivity contribution in [2.45, 2.75) is 5.75 Å². The number of carbonyl (C=O) groups excluding carboxylic acids is 1. The highest BCUT2D eigenvalue weighted by atomic mass is 32.2. The second kappa shape index (κ2) is 7.24. The van der Waals surface area contributed by atoms with Gasteiger partial charge in [0.15, 0.2) is 0 Å². The molecule has 3 aromatic rings. The minimum atomic E-state index is -0.981. The number of nitrogens with one attached hydrogen (secondary N) is 2. The van der Waals surface area contributed by atoms with Crippen molar-refractivity contribution in [2.24, 2.45) is 0 Å². The van der Waals surface area contributed by atoms with Crippen LogP contribution in [0.2, 0.25) is 0 Å². The smallest absolute Gasteiger partial charge is 0.251 e. The number of aromatic amines is 1. The molecule has 2 N–H and O–H groups in total. The van der Waals surface area contributed by atoms with E-state index in [-0.39, 0.29) is 5.91 Å². The lowest BCUT2D eigenvalue weighted by molar-refractivity contribution is 0.0956. The highest BCUT2D eigenvalue weighted by Gasteiger charge is 2.07. The molecule has 2 aromatic carbocycles.